The molecule has 0 bridgehead atoms. The predicted molar refractivity (Wildman–Crippen MR) is 100 cm³/mol. The average molecular weight is 379 g/mol. The second kappa shape index (κ2) is 4.17. The second-order valence-corrected chi connectivity index (χ2v) is 10.9. The molecule has 27 heavy (non-hydrogen) atoms. The molecule has 7 aliphatic rings. The Bertz CT molecular complexity index is 1080. The molecule has 2 aromatic rings. The van der Waals surface area contributed by atoms with E-state index in [-0.39, 0.29) is 11.5 Å². The summed E-state index contributed by atoms with van der Waals surface area (Å²) in [7, 11) is 0. The van der Waals surface area contributed by atoms with Gasteiger partial charge in [0, 0.05) is 24.3 Å². The minimum atomic E-state index is -0.0254. The van der Waals surface area contributed by atoms with Crippen LogP contribution in [-0.2, 0) is 24.1 Å². The number of amides is 1. The molecule has 0 spiro atoms. The third-order valence-electron chi connectivity index (χ3n) is 9.49. The molecule has 138 valence electrons. The molecule has 0 unspecified atom stereocenters. The van der Waals surface area contributed by atoms with Crippen molar-refractivity contribution >= 4 is 27.5 Å². The summed E-state index contributed by atoms with van der Waals surface area (Å²) in [6.07, 6.45) is 4.14. The quantitative estimate of drug-likeness (QED) is 0.833. The van der Waals surface area contributed by atoms with Crippen LogP contribution in [0.25, 0.3) is 10.2 Å². The van der Waals surface area contributed by atoms with E-state index >= 15 is 0 Å². The lowest BCUT2D eigenvalue weighted by atomic mass is 8.96. The third kappa shape index (κ3) is 1.28. The zero-order valence-electron chi connectivity index (χ0n) is 15.0. The van der Waals surface area contributed by atoms with Gasteiger partial charge in [-0.1, -0.05) is 0 Å². The van der Waals surface area contributed by atoms with E-state index in [1.54, 1.807) is 11.3 Å². The van der Waals surface area contributed by atoms with E-state index in [2.05, 4.69) is 15.3 Å². The number of nitrogens with zero attached hydrogens (tertiary/aromatic N) is 1. The molecular formula is C21H21N3O2S. The predicted octanol–water partition coefficient (Wildman–Crippen LogP) is 1.89. The number of rotatable bonds is 5. The van der Waals surface area contributed by atoms with Gasteiger partial charge in [0.15, 0.2) is 0 Å². The van der Waals surface area contributed by atoms with Crippen molar-refractivity contribution < 1.29 is 4.79 Å². The van der Waals surface area contributed by atoms with Crippen molar-refractivity contribution in [1.82, 2.24) is 15.3 Å². The summed E-state index contributed by atoms with van der Waals surface area (Å²) in [5, 5.41) is 4.01. The summed E-state index contributed by atoms with van der Waals surface area (Å²) < 4.78 is 0. The van der Waals surface area contributed by atoms with Crippen molar-refractivity contribution in [3.05, 3.63) is 26.6 Å². The van der Waals surface area contributed by atoms with Crippen molar-refractivity contribution in [2.24, 2.45) is 46.8 Å². The molecule has 2 aromatic heterocycles. The van der Waals surface area contributed by atoms with Gasteiger partial charge in [0.05, 0.1) is 5.39 Å². The lowest BCUT2D eigenvalue weighted by Crippen LogP contribution is -3.06. The molecule has 6 saturated carbocycles. The van der Waals surface area contributed by atoms with Gasteiger partial charge in [0.1, 0.15) is 10.7 Å². The van der Waals surface area contributed by atoms with E-state index in [4.69, 9.17) is 0 Å². The van der Waals surface area contributed by atoms with Crippen LogP contribution in [0.2, 0.25) is 0 Å². The minimum Gasteiger partial charge on any atom is -0.356 e. The molecule has 7 aliphatic carbocycles. The maximum absolute atomic E-state index is 12.5. The molecule has 5 nitrogen and oxygen atoms in total. The number of carbonyl (C=O) groups is 1. The topological polar surface area (TPSA) is 74.8 Å². The van der Waals surface area contributed by atoms with Crippen LogP contribution in [0.1, 0.15) is 29.1 Å². The summed E-state index contributed by atoms with van der Waals surface area (Å²) in [5.41, 5.74) is 1.72. The number of hydrogen-bond donors (Lipinski definition) is 2. The Labute approximate surface area is 160 Å². The van der Waals surface area contributed by atoms with Gasteiger partial charge in [-0.05, 0) is 71.7 Å². The molecule has 0 atom stereocenters. The fourth-order valence-corrected chi connectivity index (χ4v) is 10.0. The van der Waals surface area contributed by atoms with Crippen molar-refractivity contribution in [2.45, 2.75) is 32.1 Å². The lowest BCUT2D eigenvalue weighted by Gasteiger charge is -3.08. The molecule has 6 fully saturated rings. The Morgan fingerprint density at radius 3 is 2.74 bits per heavy atom. The summed E-state index contributed by atoms with van der Waals surface area (Å²) in [4.78, 5) is 34.6. The fourth-order valence-electron chi connectivity index (χ4n) is 8.76. The van der Waals surface area contributed by atoms with E-state index in [0.29, 0.717) is 24.1 Å². The standard InChI is InChI=1S/C21H21N3O2S/c25-10(22-6-21-16-13-12-14(16)18(21)15(12)17(13)21)5-4-9-23-19(26)11-7-2-1-3-8(7)27-20(11)24-9/h12-18H,1-6H2,(H,22,25)(H,23,24,26). The number of aromatic amines is 1. The van der Waals surface area contributed by atoms with E-state index in [9.17, 15) is 9.59 Å². The van der Waals surface area contributed by atoms with Crippen LogP contribution in [-0.4, -0.2) is 22.4 Å². The SMILES string of the molecule is O=C(CCc1nc2sc3c(c2c(=O)[nH]1)CCC3)NCC12C3C4C5C3C1C5C42. The van der Waals surface area contributed by atoms with Gasteiger partial charge in [-0.3, -0.25) is 9.59 Å². The maximum Gasteiger partial charge on any atom is 0.259 e. The van der Waals surface area contributed by atoms with Gasteiger partial charge in [0.25, 0.3) is 5.56 Å². The van der Waals surface area contributed by atoms with Crippen molar-refractivity contribution in [3.8, 4) is 0 Å². The van der Waals surface area contributed by atoms with Gasteiger partial charge in [-0.2, -0.15) is 0 Å². The number of thiophene rings is 1. The van der Waals surface area contributed by atoms with E-state index in [1.807, 2.05) is 0 Å². The van der Waals surface area contributed by atoms with E-state index < -0.39 is 0 Å². The highest BCUT2D eigenvalue weighted by Gasteiger charge is 3.03. The zero-order valence-corrected chi connectivity index (χ0v) is 15.8. The molecule has 0 saturated heterocycles. The number of aromatic nitrogens is 2. The first-order valence-corrected chi connectivity index (χ1v) is 11.3. The van der Waals surface area contributed by atoms with Gasteiger partial charge in [-0.25, -0.2) is 4.98 Å². The van der Waals surface area contributed by atoms with Gasteiger partial charge in [-0.15, -0.1) is 11.3 Å². The van der Waals surface area contributed by atoms with Gasteiger partial charge >= 0.3 is 0 Å². The lowest BCUT2D eigenvalue weighted by molar-refractivity contribution is -0.612. The molecule has 2 N–H and O–H groups in total. The number of fused-ring (bicyclic) bond motifs is 3. The molecule has 0 aromatic carbocycles. The van der Waals surface area contributed by atoms with E-state index in [1.165, 1.54) is 10.4 Å². The second-order valence-electron chi connectivity index (χ2n) is 9.83. The summed E-state index contributed by atoms with van der Waals surface area (Å²) in [5.74, 6) is 8.01. The summed E-state index contributed by atoms with van der Waals surface area (Å²) >= 11 is 1.66. The largest absolute Gasteiger partial charge is 0.356 e. The maximum atomic E-state index is 12.5. The van der Waals surface area contributed by atoms with Gasteiger partial charge < -0.3 is 10.3 Å². The molecule has 9 rings (SSSR count). The highest BCUT2D eigenvalue weighted by molar-refractivity contribution is 7.18. The summed E-state index contributed by atoms with van der Waals surface area (Å²) in [6.45, 7) is 0.905. The molecule has 0 radical (unpaired) electrons. The normalized spacial score (nSPS) is 45.1. The van der Waals surface area contributed by atoms with Crippen LogP contribution < -0.4 is 10.9 Å². The Hall–Kier alpha value is -1.69. The van der Waals surface area contributed by atoms with Gasteiger partial charge in [0.2, 0.25) is 5.91 Å². The minimum absolute atomic E-state index is 0.0254. The Kier molecular flexibility index (Phi) is 2.21. The number of nitrogens with one attached hydrogen (secondary N) is 2. The number of carbonyl (C=O) groups excluding carboxylic acids is 1. The molecule has 6 heteroatoms. The fraction of sp³-hybridized carbons (Fsp3) is 0.667. The van der Waals surface area contributed by atoms with Crippen LogP contribution in [0.15, 0.2) is 4.79 Å². The van der Waals surface area contributed by atoms with Crippen LogP contribution in [0.5, 0.6) is 0 Å². The molecule has 0 aliphatic heterocycles. The Balaban J connectivity index is 0.955. The first kappa shape index (κ1) is 14.3. The molecular weight excluding hydrogens is 358 g/mol. The van der Waals surface area contributed by atoms with Crippen LogP contribution in [0.3, 0.4) is 0 Å². The van der Waals surface area contributed by atoms with Crippen molar-refractivity contribution in [1.29, 1.82) is 0 Å². The smallest absolute Gasteiger partial charge is 0.259 e. The highest BCUT2D eigenvalue weighted by Crippen LogP contribution is 3.05. The molecule has 1 amide bonds. The van der Waals surface area contributed by atoms with Crippen molar-refractivity contribution in [3.63, 3.8) is 0 Å². The van der Waals surface area contributed by atoms with Crippen LogP contribution >= 0.6 is 11.3 Å². The van der Waals surface area contributed by atoms with Crippen LogP contribution in [0.4, 0.5) is 0 Å². The average Bonchev–Trinajstić information content (AvgIpc) is 3.25. The summed E-state index contributed by atoms with van der Waals surface area (Å²) in [6, 6.07) is 0. The van der Waals surface area contributed by atoms with E-state index in [0.717, 1.165) is 77.4 Å². The third-order valence-corrected chi connectivity index (χ3v) is 10.7. The van der Waals surface area contributed by atoms with Crippen LogP contribution in [0, 0.1) is 46.8 Å². The molecule has 2 heterocycles. The zero-order chi connectivity index (χ0) is 17.7. The monoisotopic (exact) mass is 379 g/mol. The number of hydrogen-bond acceptors (Lipinski definition) is 4. The number of H-pyrrole nitrogens is 1. The first-order chi connectivity index (χ1) is 13.2. The highest BCUT2D eigenvalue weighted by atomic mass is 32.1. The number of aryl methyl sites for hydroxylation is 3. The Morgan fingerprint density at radius 1 is 1.19 bits per heavy atom. The first-order valence-electron chi connectivity index (χ1n) is 10.5. The van der Waals surface area contributed by atoms with Crippen molar-refractivity contribution in [2.75, 3.05) is 6.54 Å². The Morgan fingerprint density at radius 2 is 1.96 bits per heavy atom.